The maximum absolute atomic E-state index is 9.46. The SMILES string of the molecule is C[C@H](N)C(=O)[O-].C[C@H](N)C(=O)[O-].[Pd+2]. The van der Waals surface area contributed by atoms with Gasteiger partial charge in [0.25, 0.3) is 0 Å². The van der Waals surface area contributed by atoms with Crippen LogP contribution >= 0.6 is 0 Å². The van der Waals surface area contributed by atoms with E-state index >= 15 is 0 Å². The Morgan fingerprint density at radius 1 is 1.00 bits per heavy atom. The standard InChI is InChI=1S/2C3H7NO2.Pd/c2*1-2(4)3(5)6;/h2*2H,4H2,1H3,(H,5,6);/q;;+2/p-2/t2*2-;/m00./s1. The summed E-state index contributed by atoms with van der Waals surface area (Å²) in [4.78, 5) is 18.9. The topological polar surface area (TPSA) is 132 Å². The molecule has 6 nitrogen and oxygen atoms in total. The van der Waals surface area contributed by atoms with E-state index in [0.29, 0.717) is 0 Å². The fourth-order valence-electron chi connectivity index (χ4n) is 0. The van der Waals surface area contributed by atoms with Crippen molar-refractivity contribution >= 4 is 11.9 Å². The molecule has 0 bridgehead atoms. The summed E-state index contributed by atoms with van der Waals surface area (Å²) in [5.74, 6) is -2.43. The van der Waals surface area contributed by atoms with Crippen LogP contribution in [0.2, 0.25) is 0 Å². The van der Waals surface area contributed by atoms with Gasteiger partial charge in [-0.25, -0.2) is 0 Å². The van der Waals surface area contributed by atoms with Crippen molar-refractivity contribution in [1.29, 1.82) is 0 Å². The number of carboxylic acid groups (broad SMARTS) is 2. The summed E-state index contributed by atoms with van der Waals surface area (Å²) in [5.41, 5.74) is 9.55. The fourth-order valence-corrected chi connectivity index (χ4v) is 0. The summed E-state index contributed by atoms with van der Waals surface area (Å²) in [7, 11) is 0. The Morgan fingerprint density at radius 3 is 1.08 bits per heavy atom. The predicted octanol–water partition coefficient (Wildman–Crippen LogP) is -3.84. The first-order valence-electron chi connectivity index (χ1n) is 3.22. The number of carbonyl (C=O) groups excluding carboxylic acids is 2. The molecule has 0 amide bonds. The second kappa shape index (κ2) is 9.61. The van der Waals surface area contributed by atoms with Gasteiger partial charge < -0.3 is 31.3 Å². The molecule has 0 aliphatic carbocycles. The first-order chi connectivity index (χ1) is 5.29. The Kier molecular flexibility index (Phi) is 13.6. The van der Waals surface area contributed by atoms with Gasteiger partial charge in [-0.05, 0) is 13.8 Å². The molecular formula is C6H12N2O4Pd. The van der Waals surface area contributed by atoms with Gasteiger partial charge >= 0.3 is 20.4 Å². The first-order valence-corrected chi connectivity index (χ1v) is 3.22. The van der Waals surface area contributed by atoms with Crippen LogP contribution in [0.25, 0.3) is 0 Å². The number of hydrogen-bond acceptors (Lipinski definition) is 6. The van der Waals surface area contributed by atoms with Crippen LogP contribution in [0.15, 0.2) is 0 Å². The Morgan fingerprint density at radius 2 is 1.08 bits per heavy atom. The van der Waals surface area contributed by atoms with Crippen LogP contribution in [0.5, 0.6) is 0 Å². The van der Waals surface area contributed by atoms with Crippen molar-refractivity contribution in [3.05, 3.63) is 0 Å². The van der Waals surface area contributed by atoms with Crippen molar-refractivity contribution in [2.75, 3.05) is 0 Å². The fraction of sp³-hybridized carbons (Fsp3) is 0.667. The van der Waals surface area contributed by atoms with Crippen molar-refractivity contribution in [3.63, 3.8) is 0 Å². The van der Waals surface area contributed by atoms with E-state index in [1.165, 1.54) is 13.8 Å². The number of rotatable bonds is 2. The van der Waals surface area contributed by atoms with E-state index in [2.05, 4.69) is 0 Å². The minimum absolute atomic E-state index is 0. The molecule has 13 heavy (non-hydrogen) atoms. The largest absolute Gasteiger partial charge is 2.00 e. The maximum atomic E-state index is 9.46. The second-order valence-corrected chi connectivity index (χ2v) is 2.22. The van der Waals surface area contributed by atoms with Gasteiger partial charge in [0, 0.05) is 12.1 Å². The zero-order valence-corrected chi connectivity index (χ0v) is 8.81. The third-order valence-corrected chi connectivity index (χ3v) is 0.744. The van der Waals surface area contributed by atoms with E-state index in [4.69, 9.17) is 11.5 Å². The normalized spacial score (nSPS) is 12.6. The molecule has 2 atom stereocenters. The second-order valence-electron chi connectivity index (χ2n) is 2.22. The van der Waals surface area contributed by atoms with E-state index in [1.54, 1.807) is 0 Å². The molecule has 0 rings (SSSR count). The van der Waals surface area contributed by atoms with Gasteiger partial charge in [0.05, 0.1) is 11.9 Å². The molecule has 0 unspecified atom stereocenters. The average molecular weight is 283 g/mol. The number of aliphatic carboxylic acids is 2. The van der Waals surface area contributed by atoms with Crippen molar-refractivity contribution < 1.29 is 40.2 Å². The molecule has 80 valence electrons. The summed E-state index contributed by atoms with van der Waals surface area (Å²) in [6.07, 6.45) is 0. The van der Waals surface area contributed by atoms with Crippen LogP contribution in [0, 0.1) is 0 Å². The van der Waals surface area contributed by atoms with E-state index < -0.39 is 24.0 Å². The molecule has 0 aliphatic heterocycles. The molecule has 7 heteroatoms. The molecule has 0 aromatic rings. The van der Waals surface area contributed by atoms with Crippen LogP contribution in [0.4, 0.5) is 0 Å². The van der Waals surface area contributed by atoms with Crippen LogP contribution in [-0.4, -0.2) is 24.0 Å². The Hall–Kier alpha value is -0.478. The zero-order valence-electron chi connectivity index (χ0n) is 7.26. The van der Waals surface area contributed by atoms with Gasteiger partial charge in [-0.3, -0.25) is 0 Å². The summed E-state index contributed by atoms with van der Waals surface area (Å²) in [6.45, 7) is 2.71. The molecule has 0 aromatic heterocycles. The van der Waals surface area contributed by atoms with Gasteiger partial charge in [0.15, 0.2) is 0 Å². The molecule has 4 N–H and O–H groups in total. The first kappa shape index (κ1) is 18.3. The summed E-state index contributed by atoms with van der Waals surface area (Å²) < 4.78 is 0. The maximum Gasteiger partial charge on any atom is 2.00 e. The molecule has 0 aliphatic rings. The van der Waals surface area contributed by atoms with Crippen molar-refractivity contribution in [2.24, 2.45) is 11.5 Å². The van der Waals surface area contributed by atoms with Gasteiger partial charge in [0.2, 0.25) is 0 Å². The van der Waals surface area contributed by atoms with E-state index in [9.17, 15) is 19.8 Å². The van der Waals surface area contributed by atoms with Crippen LogP contribution in [0.3, 0.4) is 0 Å². The molecule has 0 aromatic carbocycles. The van der Waals surface area contributed by atoms with Crippen molar-refractivity contribution in [3.8, 4) is 0 Å². The van der Waals surface area contributed by atoms with E-state index in [-0.39, 0.29) is 20.4 Å². The van der Waals surface area contributed by atoms with Crippen molar-refractivity contribution in [1.82, 2.24) is 0 Å². The van der Waals surface area contributed by atoms with Crippen LogP contribution < -0.4 is 21.7 Å². The van der Waals surface area contributed by atoms with Gasteiger partial charge in [-0.2, -0.15) is 0 Å². The predicted molar refractivity (Wildman–Crippen MR) is 37.3 cm³/mol. The number of nitrogens with two attached hydrogens (primary N) is 2. The van der Waals surface area contributed by atoms with Crippen LogP contribution in [-0.2, 0) is 30.0 Å². The van der Waals surface area contributed by atoms with E-state index in [0.717, 1.165) is 0 Å². The minimum atomic E-state index is -1.21. The summed E-state index contributed by atoms with van der Waals surface area (Å²) >= 11 is 0. The monoisotopic (exact) mass is 282 g/mol. The Bertz CT molecular complexity index is 143. The summed E-state index contributed by atoms with van der Waals surface area (Å²) in [6, 6.07) is -1.69. The van der Waals surface area contributed by atoms with Gasteiger partial charge in [-0.15, -0.1) is 0 Å². The molecule has 0 radical (unpaired) electrons. The summed E-state index contributed by atoms with van der Waals surface area (Å²) in [5, 5.41) is 18.9. The van der Waals surface area contributed by atoms with Gasteiger partial charge in [0.1, 0.15) is 0 Å². The number of carbonyl (C=O) groups is 2. The minimum Gasteiger partial charge on any atom is -0.548 e. The average Bonchev–Trinajstić information content (AvgIpc) is 1.88. The molecular weight excluding hydrogens is 270 g/mol. The van der Waals surface area contributed by atoms with Crippen molar-refractivity contribution in [2.45, 2.75) is 25.9 Å². The number of hydrogen-bond donors (Lipinski definition) is 2. The molecule has 0 spiro atoms. The molecule has 0 saturated carbocycles. The smallest absolute Gasteiger partial charge is 0.548 e. The Balaban J connectivity index is -0.000000143. The Labute approximate surface area is 89.9 Å². The number of carboxylic acids is 2. The van der Waals surface area contributed by atoms with Gasteiger partial charge in [-0.1, -0.05) is 0 Å². The molecule has 0 fully saturated rings. The molecule has 0 saturated heterocycles. The third-order valence-electron chi connectivity index (χ3n) is 0.744. The van der Waals surface area contributed by atoms with Crippen LogP contribution in [0.1, 0.15) is 13.8 Å². The quantitative estimate of drug-likeness (QED) is 0.499. The zero-order chi connectivity index (χ0) is 10.3. The third kappa shape index (κ3) is 18.5. The molecule has 0 heterocycles. The van der Waals surface area contributed by atoms with E-state index in [1.807, 2.05) is 0 Å².